The Labute approximate surface area is 171 Å². The average molecular weight is 396 g/mol. The van der Waals surface area contributed by atoms with E-state index in [4.69, 9.17) is 4.42 Å². The molecule has 7 heteroatoms. The maximum atomic E-state index is 12.2. The van der Waals surface area contributed by atoms with E-state index in [-0.39, 0.29) is 12.5 Å². The molecule has 7 nitrogen and oxygen atoms in total. The van der Waals surface area contributed by atoms with Gasteiger partial charge >= 0.3 is 0 Å². The largest absolute Gasteiger partial charge is 0.419 e. The second-order valence-electron chi connectivity index (χ2n) is 8.00. The molecule has 29 heavy (non-hydrogen) atoms. The van der Waals surface area contributed by atoms with Crippen LogP contribution in [0.3, 0.4) is 0 Å². The molecule has 4 rings (SSSR count). The minimum atomic E-state index is 0.00435. The number of hydrogen-bond donors (Lipinski definition) is 1. The molecular weight excluding hydrogens is 366 g/mol. The van der Waals surface area contributed by atoms with Gasteiger partial charge in [-0.1, -0.05) is 32.0 Å². The summed E-state index contributed by atoms with van der Waals surface area (Å²) in [5, 5.41) is 12.5. The normalized spacial score (nSPS) is 15.8. The Morgan fingerprint density at radius 3 is 2.83 bits per heavy atom. The lowest BCUT2D eigenvalue weighted by atomic mass is 9.99. The summed E-state index contributed by atoms with van der Waals surface area (Å²) in [5.74, 6) is 1.95. The van der Waals surface area contributed by atoms with Crippen LogP contribution in [0.1, 0.15) is 39.0 Å². The summed E-state index contributed by atoms with van der Waals surface area (Å²) >= 11 is 0. The highest BCUT2D eigenvalue weighted by molar-refractivity contribution is 5.94. The van der Waals surface area contributed by atoms with Crippen molar-refractivity contribution in [1.82, 2.24) is 25.0 Å². The Bertz CT molecular complexity index is 969. The van der Waals surface area contributed by atoms with Crippen molar-refractivity contribution >= 4 is 16.8 Å². The van der Waals surface area contributed by atoms with Crippen molar-refractivity contribution in [3.8, 4) is 11.5 Å². The van der Waals surface area contributed by atoms with E-state index >= 15 is 0 Å². The predicted octanol–water partition coefficient (Wildman–Crippen LogP) is 3.45. The van der Waals surface area contributed by atoms with Gasteiger partial charge in [-0.25, -0.2) is 0 Å². The Morgan fingerprint density at radius 2 is 2.03 bits per heavy atom. The molecule has 0 aliphatic carbocycles. The van der Waals surface area contributed by atoms with Gasteiger partial charge in [-0.3, -0.25) is 9.69 Å². The number of likely N-dealkylation sites (tertiary alicyclic amines) is 1. The summed E-state index contributed by atoms with van der Waals surface area (Å²) in [5.41, 5.74) is 1.86. The van der Waals surface area contributed by atoms with Gasteiger partial charge in [0.1, 0.15) is 6.54 Å². The van der Waals surface area contributed by atoms with Crippen LogP contribution in [0.15, 0.2) is 34.9 Å². The van der Waals surface area contributed by atoms with Gasteiger partial charge in [0.2, 0.25) is 17.7 Å². The van der Waals surface area contributed by atoms with Crippen LogP contribution in [0.5, 0.6) is 0 Å². The number of amides is 1. The maximum absolute atomic E-state index is 12.2. The van der Waals surface area contributed by atoms with Gasteiger partial charge in [0.15, 0.2) is 0 Å². The van der Waals surface area contributed by atoms with Crippen LogP contribution in [-0.4, -0.2) is 45.2 Å². The SMILES string of the molecule is CCCNC(=O)Cn1cc(-c2nnc(CN3CCC(C)CC3)o2)c2ccccc21. The molecule has 1 aromatic carbocycles. The molecule has 1 amide bonds. The summed E-state index contributed by atoms with van der Waals surface area (Å²) in [7, 11) is 0. The molecule has 0 bridgehead atoms. The molecule has 1 aliphatic rings. The molecule has 1 saturated heterocycles. The fourth-order valence-electron chi connectivity index (χ4n) is 3.86. The second-order valence-corrected chi connectivity index (χ2v) is 8.00. The molecule has 3 aromatic rings. The van der Waals surface area contributed by atoms with E-state index in [1.54, 1.807) is 0 Å². The molecular formula is C22H29N5O2. The Morgan fingerprint density at radius 1 is 1.24 bits per heavy atom. The number of hydrogen-bond acceptors (Lipinski definition) is 5. The van der Waals surface area contributed by atoms with Crippen molar-refractivity contribution in [2.75, 3.05) is 19.6 Å². The number of carbonyl (C=O) groups excluding carboxylic acids is 1. The highest BCUT2D eigenvalue weighted by atomic mass is 16.4. The molecule has 154 valence electrons. The molecule has 3 heterocycles. The van der Waals surface area contributed by atoms with E-state index < -0.39 is 0 Å². The highest BCUT2D eigenvalue weighted by Crippen LogP contribution is 2.30. The predicted molar refractivity (Wildman–Crippen MR) is 112 cm³/mol. The fourth-order valence-corrected chi connectivity index (χ4v) is 3.86. The van der Waals surface area contributed by atoms with Crippen molar-refractivity contribution in [1.29, 1.82) is 0 Å². The standard InChI is InChI=1S/C22H29N5O2/c1-3-10-23-20(28)14-27-13-18(17-6-4-5-7-19(17)27)22-25-24-21(29-22)15-26-11-8-16(2)9-12-26/h4-7,13,16H,3,8-12,14-15H2,1-2H3,(H,23,28). The fraction of sp³-hybridized carbons (Fsp3) is 0.500. The van der Waals surface area contributed by atoms with Crippen LogP contribution in [0.4, 0.5) is 0 Å². The van der Waals surface area contributed by atoms with Crippen molar-refractivity contribution < 1.29 is 9.21 Å². The van der Waals surface area contributed by atoms with Gasteiger partial charge in [-0.2, -0.15) is 0 Å². The first-order valence-electron chi connectivity index (χ1n) is 10.5. The average Bonchev–Trinajstić information content (AvgIpc) is 3.33. The van der Waals surface area contributed by atoms with E-state index in [9.17, 15) is 4.79 Å². The van der Waals surface area contributed by atoms with E-state index in [1.165, 1.54) is 12.8 Å². The number of fused-ring (bicyclic) bond motifs is 1. The number of nitrogens with zero attached hydrogens (tertiary/aromatic N) is 4. The van der Waals surface area contributed by atoms with Crippen LogP contribution < -0.4 is 5.32 Å². The third-order valence-corrected chi connectivity index (χ3v) is 5.61. The molecule has 1 fully saturated rings. The number of benzene rings is 1. The first-order valence-corrected chi connectivity index (χ1v) is 10.5. The van der Waals surface area contributed by atoms with E-state index in [2.05, 4.69) is 27.3 Å². The molecule has 0 unspecified atom stereocenters. The molecule has 0 saturated carbocycles. The second kappa shape index (κ2) is 8.78. The van der Waals surface area contributed by atoms with Gasteiger partial charge in [0.05, 0.1) is 12.1 Å². The Balaban J connectivity index is 1.55. The molecule has 0 radical (unpaired) electrons. The van der Waals surface area contributed by atoms with Crippen LogP contribution in [-0.2, 0) is 17.9 Å². The number of piperidine rings is 1. The molecule has 0 atom stereocenters. The number of rotatable bonds is 7. The summed E-state index contributed by atoms with van der Waals surface area (Å²) in [4.78, 5) is 14.6. The van der Waals surface area contributed by atoms with Crippen molar-refractivity contribution in [2.45, 2.75) is 46.2 Å². The van der Waals surface area contributed by atoms with Gasteiger partial charge < -0.3 is 14.3 Å². The quantitative estimate of drug-likeness (QED) is 0.663. The zero-order valence-corrected chi connectivity index (χ0v) is 17.2. The third kappa shape index (κ3) is 4.50. The molecule has 1 N–H and O–H groups in total. The van der Waals surface area contributed by atoms with E-state index in [0.29, 0.717) is 24.9 Å². The number of carbonyl (C=O) groups is 1. The summed E-state index contributed by atoms with van der Waals surface area (Å²) in [6.07, 6.45) is 5.29. The van der Waals surface area contributed by atoms with Crippen LogP contribution in [0.25, 0.3) is 22.4 Å². The summed E-state index contributed by atoms with van der Waals surface area (Å²) in [6, 6.07) is 8.00. The van der Waals surface area contributed by atoms with Gasteiger partial charge in [0.25, 0.3) is 0 Å². The Kier molecular flexibility index (Phi) is 5.94. The first-order chi connectivity index (χ1) is 14.1. The van der Waals surface area contributed by atoms with Crippen molar-refractivity contribution in [3.05, 3.63) is 36.4 Å². The van der Waals surface area contributed by atoms with Gasteiger partial charge in [0, 0.05) is 23.6 Å². The number of nitrogens with one attached hydrogen (secondary N) is 1. The molecule has 1 aliphatic heterocycles. The maximum Gasteiger partial charge on any atom is 0.249 e. The van der Waals surface area contributed by atoms with Crippen LogP contribution in [0.2, 0.25) is 0 Å². The van der Waals surface area contributed by atoms with Gasteiger partial charge in [-0.05, 0) is 44.3 Å². The molecule has 0 spiro atoms. The minimum Gasteiger partial charge on any atom is -0.419 e. The zero-order chi connectivity index (χ0) is 20.2. The number of aromatic nitrogens is 3. The van der Waals surface area contributed by atoms with Crippen molar-refractivity contribution in [2.24, 2.45) is 5.92 Å². The van der Waals surface area contributed by atoms with E-state index in [0.717, 1.165) is 41.9 Å². The third-order valence-electron chi connectivity index (χ3n) is 5.61. The molecule has 2 aromatic heterocycles. The Hall–Kier alpha value is -2.67. The lowest BCUT2D eigenvalue weighted by Gasteiger charge is -2.28. The monoisotopic (exact) mass is 395 g/mol. The van der Waals surface area contributed by atoms with Crippen LogP contribution in [0, 0.1) is 5.92 Å². The highest BCUT2D eigenvalue weighted by Gasteiger charge is 2.20. The lowest BCUT2D eigenvalue weighted by molar-refractivity contribution is -0.121. The lowest BCUT2D eigenvalue weighted by Crippen LogP contribution is -2.32. The van der Waals surface area contributed by atoms with Gasteiger partial charge in [-0.15, -0.1) is 10.2 Å². The number of para-hydroxylation sites is 1. The van der Waals surface area contributed by atoms with Crippen LogP contribution >= 0.6 is 0 Å². The topological polar surface area (TPSA) is 76.2 Å². The summed E-state index contributed by atoms with van der Waals surface area (Å²) < 4.78 is 7.96. The first kappa shape index (κ1) is 19.6. The minimum absolute atomic E-state index is 0.00435. The van der Waals surface area contributed by atoms with Crippen molar-refractivity contribution in [3.63, 3.8) is 0 Å². The summed E-state index contributed by atoms with van der Waals surface area (Å²) in [6.45, 7) is 8.15. The smallest absolute Gasteiger partial charge is 0.249 e. The van der Waals surface area contributed by atoms with E-state index in [1.807, 2.05) is 42.0 Å². The zero-order valence-electron chi connectivity index (χ0n) is 17.2.